The molecule has 6 nitrogen and oxygen atoms in total. The number of benzene rings is 1. The summed E-state index contributed by atoms with van der Waals surface area (Å²) in [6, 6.07) is 11.3. The van der Waals surface area contributed by atoms with Crippen LogP contribution in [-0.2, 0) is 27.4 Å². The van der Waals surface area contributed by atoms with Gasteiger partial charge in [0.1, 0.15) is 24.0 Å². The van der Waals surface area contributed by atoms with Crippen LogP contribution in [0.5, 0.6) is 5.75 Å². The van der Waals surface area contributed by atoms with E-state index in [-0.39, 0.29) is 12.2 Å². The third kappa shape index (κ3) is 5.24. The first kappa shape index (κ1) is 21.3. The lowest BCUT2D eigenvalue weighted by atomic mass is 10.1. The van der Waals surface area contributed by atoms with Crippen LogP contribution in [0.3, 0.4) is 0 Å². The Hall–Kier alpha value is -3.04. The van der Waals surface area contributed by atoms with Crippen molar-refractivity contribution in [3.05, 3.63) is 58.4 Å². The molecule has 0 bridgehead atoms. The van der Waals surface area contributed by atoms with Crippen LogP contribution in [0.15, 0.2) is 35.9 Å². The summed E-state index contributed by atoms with van der Waals surface area (Å²) < 4.78 is 18.1. The third-order valence-electron chi connectivity index (χ3n) is 4.40. The maximum absolute atomic E-state index is 12.4. The highest BCUT2D eigenvalue weighted by Crippen LogP contribution is 2.21. The van der Waals surface area contributed by atoms with Gasteiger partial charge in [-0.3, -0.25) is 0 Å². The first-order valence-corrected chi connectivity index (χ1v) is 9.17. The molecule has 0 spiro atoms. The van der Waals surface area contributed by atoms with Crippen molar-refractivity contribution in [2.45, 2.75) is 33.9 Å². The van der Waals surface area contributed by atoms with E-state index in [9.17, 15) is 10.1 Å². The molecule has 0 amide bonds. The summed E-state index contributed by atoms with van der Waals surface area (Å²) in [6.45, 7) is 7.69. The second-order valence-electron chi connectivity index (χ2n) is 6.26. The van der Waals surface area contributed by atoms with Crippen molar-refractivity contribution in [1.29, 1.82) is 5.26 Å². The summed E-state index contributed by atoms with van der Waals surface area (Å²) >= 11 is 0. The Morgan fingerprint density at radius 2 is 2.04 bits per heavy atom. The monoisotopic (exact) mass is 382 g/mol. The molecule has 0 aliphatic carbocycles. The number of carbonyl (C=O) groups is 1. The van der Waals surface area contributed by atoms with Gasteiger partial charge in [-0.1, -0.05) is 18.2 Å². The minimum atomic E-state index is -0.657. The average molecular weight is 382 g/mol. The van der Waals surface area contributed by atoms with Crippen molar-refractivity contribution in [3.8, 4) is 11.8 Å². The van der Waals surface area contributed by atoms with E-state index in [4.69, 9.17) is 14.2 Å². The zero-order valence-electron chi connectivity index (χ0n) is 16.8. The van der Waals surface area contributed by atoms with Gasteiger partial charge < -0.3 is 18.8 Å². The Kier molecular flexibility index (Phi) is 7.85. The SMILES string of the molecule is CCOc1ccccc1COC(=O)/C(C#N)=C/c1cc(C)n(CCOC)c1C. The Morgan fingerprint density at radius 1 is 1.29 bits per heavy atom. The highest BCUT2D eigenvalue weighted by atomic mass is 16.5. The molecule has 6 heteroatoms. The Morgan fingerprint density at radius 3 is 2.71 bits per heavy atom. The molecule has 0 fully saturated rings. The fourth-order valence-corrected chi connectivity index (χ4v) is 2.93. The number of aromatic nitrogens is 1. The van der Waals surface area contributed by atoms with Crippen LogP contribution in [0.4, 0.5) is 0 Å². The molecule has 0 aliphatic heterocycles. The number of para-hydroxylation sites is 1. The van der Waals surface area contributed by atoms with Crippen molar-refractivity contribution >= 4 is 12.0 Å². The molecule has 28 heavy (non-hydrogen) atoms. The molecule has 0 saturated heterocycles. The van der Waals surface area contributed by atoms with E-state index in [0.717, 1.165) is 22.5 Å². The van der Waals surface area contributed by atoms with E-state index in [1.807, 2.05) is 57.2 Å². The van der Waals surface area contributed by atoms with Crippen molar-refractivity contribution in [2.24, 2.45) is 0 Å². The van der Waals surface area contributed by atoms with Crippen molar-refractivity contribution in [2.75, 3.05) is 20.3 Å². The van der Waals surface area contributed by atoms with E-state index in [0.29, 0.717) is 25.5 Å². The first-order chi connectivity index (χ1) is 13.5. The lowest BCUT2D eigenvalue weighted by molar-refractivity contribution is -0.139. The zero-order chi connectivity index (χ0) is 20.5. The number of esters is 1. The van der Waals surface area contributed by atoms with E-state index >= 15 is 0 Å². The third-order valence-corrected chi connectivity index (χ3v) is 4.40. The van der Waals surface area contributed by atoms with Crippen molar-refractivity contribution in [3.63, 3.8) is 0 Å². The maximum atomic E-state index is 12.4. The van der Waals surface area contributed by atoms with Gasteiger partial charge in [0, 0.05) is 30.6 Å². The predicted molar refractivity (Wildman–Crippen MR) is 107 cm³/mol. The number of hydrogen-bond acceptors (Lipinski definition) is 5. The fourth-order valence-electron chi connectivity index (χ4n) is 2.93. The normalized spacial score (nSPS) is 11.2. The van der Waals surface area contributed by atoms with Gasteiger partial charge in [-0.15, -0.1) is 0 Å². The van der Waals surface area contributed by atoms with Crippen LogP contribution in [0.1, 0.15) is 29.4 Å². The molecule has 1 aromatic carbocycles. The van der Waals surface area contributed by atoms with Crippen molar-refractivity contribution in [1.82, 2.24) is 4.57 Å². The number of hydrogen-bond donors (Lipinski definition) is 0. The van der Waals surface area contributed by atoms with Gasteiger partial charge in [0.25, 0.3) is 0 Å². The van der Waals surface area contributed by atoms with Crippen LogP contribution in [0.25, 0.3) is 6.08 Å². The lowest BCUT2D eigenvalue weighted by Crippen LogP contribution is -2.08. The number of aryl methyl sites for hydroxylation is 1. The minimum absolute atomic E-state index is 0.0408. The van der Waals surface area contributed by atoms with Crippen LogP contribution in [0.2, 0.25) is 0 Å². The van der Waals surface area contributed by atoms with Gasteiger partial charge in [0.2, 0.25) is 0 Å². The maximum Gasteiger partial charge on any atom is 0.349 e. The Labute approximate surface area is 165 Å². The number of rotatable bonds is 9. The van der Waals surface area contributed by atoms with Crippen LogP contribution in [0, 0.1) is 25.2 Å². The molecule has 2 rings (SSSR count). The molecule has 1 aromatic heterocycles. The second-order valence-corrected chi connectivity index (χ2v) is 6.26. The number of nitriles is 1. The van der Waals surface area contributed by atoms with Gasteiger partial charge in [0.15, 0.2) is 0 Å². The predicted octanol–water partition coefficient (Wildman–Crippen LogP) is 3.80. The highest BCUT2D eigenvalue weighted by Gasteiger charge is 2.15. The summed E-state index contributed by atoms with van der Waals surface area (Å²) in [4.78, 5) is 12.4. The molecule has 0 saturated carbocycles. The van der Waals surface area contributed by atoms with E-state index in [1.54, 1.807) is 13.2 Å². The van der Waals surface area contributed by atoms with Gasteiger partial charge in [0.05, 0.1) is 13.2 Å². The summed E-state index contributed by atoms with van der Waals surface area (Å²) in [5, 5.41) is 9.43. The summed E-state index contributed by atoms with van der Waals surface area (Å²) in [6.07, 6.45) is 1.57. The summed E-state index contributed by atoms with van der Waals surface area (Å²) in [5.74, 6) is 0.0115. The van der Waals surface area contributed by atoms with Crippen LogP contribution < -0.4 is 4.74 Å². The molecular weight excluding hydrogens is 356 g/mol. The van der Waals surface area contributed by atoms with Crippen LogP contribution in [-0.4, -0.2) is 30.9 Å². The smallest absolute Gasteiger partial charge is 0.349 e. The van der Waals surface area contributed by atoms with E-state index in [2.05, 4.69) is 4.57 Å². The van der Waals surface area contributed by atoms with Crippen molar-refractivity contribution < 1.29 is 19.0 Å². The molecule has 0 N–H and O–H groups in total. The molecule has 1 heterocycles. The van der Waals surface area contributed by atoms with Gasteiger partial charge in [-0.25, -0.2) is 4.79 Å². The molecule has 0 aliphatic rings. The molecule has 0 radical (unpaired) electrons. The first-order valence-electron chi connectivity index (χ1n) is 9.17. The molecular formula is C22H26N2O4. The Bertz CT molecular complexity index is 890. The molecule has 2 aromatic rings. The number of nitrogens with zero attached hydrogens (tertiary/aromatic N) is 2. The van der Waals surface area contributed by atoms with Gasteiger partial charge in [-0.2, -0.15) is 5.26 Å². The number of ether oxygens (including phenoxy) is 3. The second kappa shape index (κ2) is 10.3. The lowest BCUT2D eigenvalue weighted by Gasteiger charge is -2.10. The number of methoxy groups -OCH3 is 1. The topological polar surface area (TPSA) is 73.5 Å². The summed E-state index contributed by atoms with van der Waals surface area (Å²) in [7, 11) is 1.66. The molecule has 0 unspecified atom stereocenters. The largest absolute Gasteiger partial charge is 0.493 e. The standard InChI is InChI=1S/C22H26N2O4/c1-5-27-21-9-7-6-8-18(21)15-28-22(25)20(14-23)13-19-12-16(2)24(17(19)3)10-11-26-4/h6-9,12-13H,5,10-11,15H2,1-4H3/b20-13+. The molecule has 148 valence electrons. The Balaban J connectivity index is 2.15. The van der Waals surface area contributed by atoms with E-state index < -0.39 is 5.97 Å². The minimum Gasteiger partial charge on any atom is -0.493 e. The quantitative estimate of drug-likeness (QED) is 0.375. The summed E-state index contributed by atoms with van der Waals surface area (Å²) in [5.41, 5.74) is 3.54. The molecule has 0 atom stereocenters. The average Bonchev–Trinajstić information content (AvgIpc) is 2.96. The highest BCUT2D eigenvalue weighted by molar-refractivity contribution is 5.98. The van der Waals surface area contributed by atoms with Gasteiger partial charge >= 0.3 is 5.97 Å². The van der Waals surface area contributed by atoms with Gasteiger partial charge in [-0.05, 0) is 44.5 Å². The fraction of sp³-hybridized carbons (Fsp3) is 0.364. The number of carbonyl (C=O) groups excluding carboxylic acids is 1. The van der Waals surface area contributed by atoms with Crippen LogP contribution >= 0.6 is 0 Å². The van der Waals surface area contributed by atoms with E-state index in [1.165, 1.54) is 0 Å². The zero-order valence-corrected chi connectivity index (χ0v) is 16.8.